The number of benzene rings is 2. The third-order valence-electron chi connectivity index (χ3n) is 6.02. The number of nitrogens with one attached hydrogen (secondary N) is 1. The van der Waals surface area contributed by atoms with Crippen LogP contribution in [-0.4, -0.2) is 36.5 Å². The van der Waals surface area contributed by atoms with Gasteiger partial charge < -0.3 is 10.2 Å². The molecule has 0 unspecified atom stereocenters. The second-order valence-corrected chi connectivity index (χ2v) is 8.08. The predicted octanol–water partition coefficient (Wildman–Crippen LogP) is 4.20. The number of amides is 1. The van der Waals surface area contributed by atoms with E-state index in [1.807, 2.05) is 12.1 Å². The molecule has 1 saturated carbocycles. The van der Waals surface area contributed by atoms with Crippen LogP contribution >= 0.6 is 0 Å². The number of carbonyl (C=O) groups is 1. The fraction of sp³-hybridized carbons (Fsp3) is 0.458. The topological polar surface area (TPSA) is 32.3 Å². The Kier molecular flexibility index (Phi) is 5.88. The Morgan fingerprint density at radius 3 is 1.96 bits per heavy atom. The van der Waals surface area contributed by atoms with Crippen molar-refractivity contribution in [2.45, 2.75) is 44.1 Å². The molecule has 142 valence electrons. The molecule has 1 aliphatic heterocycles. The molecule has 1 amide bonds. The molecule has 0 aromatic heterocycles. The highest BCUT2D eigenvalue weighted by atomic mass is 16.2. The molecule has 1 saturated heterocycles. The molecule has 27 heavy (non-hydrogen) atoms. The summed E-state index contributed by atoms with van der Waals surface area (Å²) in [6, 6.07) is 21.5. The zero-order valence-electron chi connectivity index (χ0n) is 16.0. The van der Waals surface area contributed by atoms with E-state index in [1.54, 1.807) is 0 Å². The average Bonchev–Trinajstić information content (AvgIpc) is 3.56. The number of hydrogen-bond donors (Lipinski definition) is 1. The van der Waals surface area contributed by atoms with Crippen molar-refractivity contribution in [3.63, 3.8) is 0 Å². The average molecular weight is 363 g/mol. The molecule has 2 aromatic carbocycles. The van der Waals surface area contributed by atoms with Gasteiger partial charge in [0.05, 0.1) is 0 Å². The first kappa shape index (κ1) is 18.2. The van der Waals surface area contributed by atoms with Crippen molar-refractivity contribution in [3.05, 3.63) is 71.8 Å². The molecule has 1 N–H and O–H groups in total. The lowest BCUT2D eigenvalue weighted by Gasteiger charge is -2.33. The number of rotatable bonds is 7. The summed E-state index contributed by atoms with van der Waals surface area (Å²) >= 11 is 0. The van der Waals surface area contributed by atoms with Crippen LogP contribution in [-0.2, 0) is 4.79 Å². The van der Waals surface area contributed by atoms with Gasteiger partial charge in [-0.2, -0.15) is 0 Å². The van der Waals surface area contributed by atoms with Gasteiger partial charge in [0.2, 0.25) is 5.91 Å². The zero-order valence-corrected chi connectivity index (χ0v) is 16.0. The van der Waals surface area contributed by atoms with Gasteiger partial charge in [-0.05, 0) is 49.3 Å². The van der Waals surface area contributed by atoms with Crippen molar-refractivity contribution in [1.29, 1.82) is 0 Å². The van der Waals surface area contributed by atoms with E-state index in [9.17, 15) is 4.79 Å². The minimum atomic E-state index is 0.130. The van der Waals surface area contributed by atoms with Crippen molar-refractivity contribution in [2.75, 3.05) is 19.6 Å². The quantitative estimate of drug-likeness (QED) is 0.801. The highest BCUT2D eigenvalue weighted by Crippen LogP contribution is 2.30. The van der Waals surface area contributed by atoms with E-state index >= 15 is 0 Å². The lowest BCUT2D eigenvalue weighted by atomic mass is 9.88. The highest BCUT2D eigenvalue weighted by molar-refractivity contribution is 5.78. The van der Waals surface area contributed by atoms with Crippen LogP contribution in [0.4, 0.5) is 0 Å². The molecule has 3 nitrogen and oxygen atoms in total. The summed E-state index contributed by atoms with van der Waals surface area (Å²) in [6.07, 6.45) is 5.50. The largest absolute Gasteiger partial charge is 0.343 e. The lowest BCUT2D eigenvalue weighted by Crippen LogP contribution is -2.45. The van der Waals surface area contributed by atoms with Gasteiger partial charge in [-0.15, -0.1) is 0 Å². The molecule has 4 rings (SSSR count). The molecule has 3 heteroatoms. The van der Waals surface area contributed by atoms with Gasteiger partial charge in [-0.1, -0.05) is 60.7 Å². The molecule has 0 atom stereocenters. The summed E-state index contributed by atoms with van der Waals surface area (Å²) in [5.74, 6) is 1.33. The number of hydrogen-bond acceptors (Lipinski definition) is 2. The van der Waals surface area contributed by atoms with E-state index in [2.05, 4.69) is 58.7 Å². The van der Waals surface area contributed by atoms with Gasteiger partial charge in [-0.3, -0.25) is 4.79 Å². The Labute approximate surface area is 162 Å². The van der Waals surface area contributed by atoms with E-state index in [-0.39, 0.29) is 11.8 Å². The standard InChI is InChI=1S/C24H30N2O/c27-24(26-15-13-22(14-16-26)25-18-19-11-12-19)17-23(20-7-3-1-4-8-20)21-9-5-2-6-10-21/h1-10,19,22-23,25H,11-18H2. The summed E-state index contributed by atoms with van der Waals surface area (Å²) in [7, 11) is 0. The highest BCUT2D eigenvalue weighted by Gasteiger charge is 2.27. The van der Waals surface area contributed by atoms with Crippen LogP contribution in [0.25, 0.3) is 0 Å². The second-order valence-electron chi connectivity index (χ2n) is 8.08. The maximum atomic E-state index is 13.0. The maximum Gasteiger partial charge on any atom is 0.223 e. The first-order valence-electron chi connectivity index (χ1n) is 10.4. The first-order chi connectivity index (χ1) is 13.3. The van der Waals surface area contributed by atoms with Crippen molar-refractivity contribution in [1.82, 2.24) is 10.2 Å². The van der Waals surface area contributed by atoms with Gasteiger partial charge in [-0.25, -0.2) is 0 Å². The predicted molar refractivity (Wildman–Crippen MR) is 110 cm³/mol. The summed E-state index contributed by atoms with van der Waals surface area (Å²) in [4.78, 5) is 15.1. The van der Waals surface area contributed by atoms with Crippen molar-refractivity contribution >= 4 is 5.91 Å². The maximum absolute atomic E-state index is 13.0. The summed E-state index contributed by atoms with van der Waals surface area (Å²) < 4.78 is 0. The summed E-state index contributed by atoms with van der Waals surface area (Å²) in [5, 5.41) is 3.70. The van der Waals surface area contributed by atoms with Gasteiger partial charge >= 0.3 is 0 Å². The van der Waals surface area contributed by atoms with Crippen molar-refractivity contribution in [3.8, 4) is 0 Å². The monoisotopic (exact) mass is 362 g/mol. The molecular weight excluding hydrogens is 332 g/mol. The number of carbonyl (C=O) groups excluding carboxylic acids is 1. The van der Waals surface area contributed by atoms with Gasteiger partial charge in [0.1, 0.15) is 0 Å². The minimum absolute atomic E-state index is 0.130. The molecule has 2 aliphatic rings. The Morgan fingerprint density at radius 1 is 0.889 bits per heavy atom. The smallest absolute Gasteiger partial charge is 0.223 e. The van der Waals surface area contributed by atoms with Crippen LogP contribution in [0, 0.1) is 5.92 Å². The molecule has 1 heterocycles. The van der Waals surface area contributed by atoms with E-state index in [4.69, 9.17) is 0 Å². The third-order valence-corrected chi connectivity index (χ3v) is 6.02. The van der Waals surface area contributed by atoms with Crippen LogP contribution < -0.4 is 5.32 Å². The number of piperidine rings is 1. The molecule has 2 fully saturated rings. The van der Waals surface area contributed by atoms with Gasteiger partial charge in [0.25, 0.3) is 0 Å². The fourth-order valence-electron chi connectivity index (χ4n) is 4.09. The van der Waals surface area contributed by atoms with Gasteiger partial charge in [0, 0.05) is 31.5 Å². The van der Waals surface area contributed by atoms with E-state index in [0.717, 1.165) is 31.8 Å². The SMILES string of the molecule is O=C(CC(c1ccccc1)c1ccccc1)N1CCC(NCC2CC2)CC1. The summed E-state index contributed by atoms with van der Waals surface area (Å²) in [6.45, 7) is 2.94. The van der Waals surface area contributed by atoms with E-state index in [0.29, 0.717) is 12.5 Å². The molecule has 2 aromatic rings. The van der Waals surface area contributed by atoms with Crippen LogP contribution in [0.5, 0.6) is 0 Å². The van der Waals surface area contributed by atoms with Crippen LogP contribution in [0.15, 0.2) is 60.7 Å². The van der Waals surface area contributed by atoms with E-state index in [1.165, 1.54) is 30.5 Å². The Hall–Kier alpha value is -2.13. The Morgan fingerprint density at radius 2 is 1.44 bits per heavy atom. The van der Waals surface area contributed by atoms with Crippen LogP contribution in [0.1, 0.15) is 49.1 Å². The molecular formula is C24H30N2O. The molecule has 0 spiro atoms. The third kappa shape index (κ3) is 4.98. The van der Waals surface area contributed by atoms with Crippen LogP contribution in [0.2, 0.25) is 0 Å². The van der Waals surface area contributed by atoms with Gasteiger partial charge in [0.15, 0.2) is 0 Å². The summed E-state index contributed by atoms with van der Waals surface area (Å²) in [5.41, 5.74) is 2.44. The number of nitrogens with zero attached hydrogens (tertiary/aromatic N) is 1. The molecule has 0 radical (unpaired) electrons. The first-order valence-corrected chi connectivity index (χ1v) is 10.4. The lowest BCUT2D eigenvalue weighted by molar-refractivity contribution is -0.132. The molecule has 1 aliphatic carbocycles. The van der Waals surface area contributed by atoms with Crippen molar-refractivity contribution in [2.24, 2.45) is 5.92 Å². The zero-order chi connectivity index (χ0) is 18.5. The molecule has 0 bridgehead atoms. The number of likely N-dealkylation sites (tertiary alicyclic amines) is 1. The Balaban J connectivity index is 1.37. The normalized spacial score (nSPS) is 18.0. The van der Waals surface area contributed by atoms with Crippen LogP contribution in [0.3, 0.4) is 0 Å². The minimum Gasteiger partial charge on any atom is -0.343 e. The Bertz CT molecular complexity index is 679. The second kappa shape index (κ2) is 8.71. The van der Waals surface area contributed by atoms with Crippen molar-refractivity contribution < 1.29 is 4.79 Å². The van der Waals surface area contributed by atoms with E-state index < -0.39 is 0 Å². The fourth-order valence-corrected chi connectivity index (χ4v) is 4.09.